The van der Waals surface area contributed by atoms with Gasteiger partial charge < -0.3 is 14.4 Å². The second kappa shape index (κ2) is 6.67. The predicted molar refractivity (Wildman–Crippen MR) is 92.6 cm³/mol. The van der Waals surface area contributed by atoms with Gasteiger partial charge in [0, 0.05) is 6.54 Å². The van der Waals surface area contributed by atoms with Crippen molar-refractivity contribution in [3.63, 3.8) is 0 Å². The summed E-state index contributed by atoms with van der Waals surface area (Å²) in [6, 6.07) is 7.54. The molecular weight excluding hydrogens is 320 g/mol. The minimum absolute atomic E-state index is 0.00236. The molecule has 0 spiro atoms. The van der Waals surface area contributed by atoms with E-state index in [0.29, 0.717) is 24.6 Å². The Bertz CT molecular complexity index is 675. The molecule has 2 fully saturated rings. The highest BCUT2D eigenvalue weighted by molar-refractivity contribution is 6.03. The van der Waals surface area contributed by atoms with Crippen molar-refractivity contribution < 1.29 is 19.1 Å². The summed E-state index contributed by atoms with van der Waals surface area (Å²) in [4.78, 5) is 29.1. The minimum Gasteiger partial charge on any atom is -0.479 e. The Labute approximate surface area is 147 Å². The molecule has 1 saturated heterocycles. The SMILES string of the molecule is CC1Oc2ccccc2N(CC(=O)N2CCOC3CCCCC32)C1=O. The number of hydrogen-bond acceptors (Lipinski definition) is 4. The fourth-order valence-corrected chi connectivity index (χ4v) is 4.15. The Morgan fingerprint density at radius 1 is 1.24 bits per heavy atom. The standard InChI is InChI=1S/C19H24N2O4/c1-13-19(23)21(15-7-3-5-9-17(15)25-13)12-18(22)20-10-11-24-16-8-4-2-6-14(16)20/h3,5,7,9,13-14,16H,2,4,6,8,10-12H2,1H3. The van der Waals surface area contributed by atoms with E-state index in [9.17, 15) is 9.59 Å². The Morgan fingerprint density at radius 3 is 2.92 bits per heavy atom. The average Bonchev–Trinajstić information content (AvgIpc) is 2.64. The molecule has 1 saturated carbocycles. The number of nitrogens with zero attached hydrogens (tertiary/aromatic N) is 2. The predicted octanol–water partition coefficient (Wildman–Crippen LogP) is 1.97. The molecule has 1 aromatic carbocycles. The number of benzene rings is 1. The number of morpholine rings is 1. The van der Waals surface area contributed by atoms with Crippen LogP contribution in [0.1, 0.15) is 32.6 Å². The zero-order valence-corrected chi connectivity index (χ0v) is 14.5. The molecule has 134 valence electrons. The summed E-state index contributed by atoms with van der Waals surface area (Å²) in [6.45, 7) is 2.97. The van der Waals surface area contributed by atoms with E-state index in [4.69, 9.17) is 9.47 Å². The number of rotatable bonds is 2. The Morgan fingerprint density at radius 2 is 2.04 bits per heavy atom. The van der Waals surface area contributed by atoms with E-state index in [0.717, 1.165) is 25.7 Å². The summed E-state index contributed by atoms with van der Waals surface area (Å²) >= 11 is 0. The Kier molecular flexibility index (Phi) is 4.37. The lowest BCUT2D eigenvalue weighted by atomic mass is 9.90. The third-order valence-electron chi connectivity index (χ3n) is 5.42. The van der Waals surface area contributed by atoms with Crippen LogP contribution in [0, 0.1) is 0 Å². The van der Waals surface area contributed by atoms with Crippen molar-refractivity contribution >= 4 is 17.5 Å². The first-order valence-corrected chi connectivity index (χ1v) is 9.13. The van der Waals surface area contributed by atoms with Gasteiger partial charge >= 0.3 is 0 Å². The van der Waals surface area contributed by atoms with E-state index in [2.05, 4.69) is 0 Å². The molecule has 3 aliphatic rings. The molecule has 0 aromatic heterocycles. The van der Waals surface area contributed by atoms with Crippen molar-refractivity contribution in [3.8, 4) is 5.75 Å². The highest BCUT2D eigenvalue weighted by atomic mass is 16.5. The van der Waals surface area contributed by atoms with Gasteiger partial charge in [-0.15, -0.1) is 0 Å². The third-order valence-corrected chi connectivity index (χ3v) is 5.42. The topological polar surface area (TPSA) is 59.1 Å². The third kappa shape index (κ3) is 2.99. The zero-order valence-electron chi connectivity index (χ0n) is 14.5. The zero-order chi connectivity index (χ0) is 17.4. The quantitative estimate of drug-likeness (QED) is 0.823. The Hall–Kier alpha value is -2.08. The number of carbonyl (C=O) groups excluding carboxylic acids is 2. The van der Waals surface area contributed by atoms with E-state index in [1.54, 1.807) is 11.8 Å². The molecular formula is C19H24N2O4. The van der Waals surface area contributed by atoms with Crippen LogP contribution in [-0.4, -0.2) is 54.7 Å². The molecule has 0 bridgehead atoms. The summed E-state index contributed by atoms with van der Waals surface area (Å²) in [5.74, 6) is 0.484. The van der Waals surface area contributed by atoms with Crippen molar-refractivity contribution in [2.24, 2.45) is 0 Å². The van der Waals surface area contributed by atoms with E-state index in [-0.39, 0.29) is 30.5 Å². The first-order chi connectivity index (χ1) is 12.1. The Balaban J connectivity index is 1.54. The molecule has 1 aliphatic carbocycles. The van der Waals surface area contributed by atoms with Crippen molar-refractivity contribution in [1.29, 1.82) is 0 Å². The summed E-state index contributed by atoms with van der Waals surface area (Å²) < 4.78 is 11.5. The van der Waals surface area contributed by atoms with Crippen LogP contribution in [0.4, 0.5) is 5.69 Å². The number of fused-ring (bicyclic) bond motifs is 2. The van der Waals surface area contributed by atoms with Gasteiger partial charge in [0.1, 0.15) is 12.3 Å². The van der Waals surface area contributed by atoms with E-state index in [1.165, 1.54) is 0 Å². The average molecular weight is 344 g/mol. The highest BCUT2D eigenvalue weighted by Crippen LogP contribution is 2.34. The maximum absolute atomic E-state index is 13.0. The van der Waals surface area contributed by atoms with Gasteiger partial charge in [-0.3, -0.25) is 14.5 Å². The van der Waals surface area contributed by atoms with Crippen LogP contribution in [0.2, 0.25) is 0 Å². The normalized spacial score (nSPS) is 28.8. The van der Waals surface area contributed by atoms with Crippen molar-refractivity contribution in [2.75, 3.05) is 24.6 Å². The van der Waals surface area contributed by atoms with Gasteiger partial charge in [0.2, 0.25) is 5.91 Å². The lowest BCUT2D eigenvalue weighted by molar-refractivity contribution is -0.149. The van der Waals surface area contributed by atoms with Crippen LogP contribution in [0.15, 0.2) is 24.3 Å². The second-order valence-electron chi connectivity index (χ2n) is 7.00. The molecule has 3 unspecified atom stereocenters. The van der Waals surface area contributed by atoms with Gasteiger partial charge in [-0.1, -0.05) is 25.0 Å². The molecule has 6 heteroatoms. The van der Waals surface area contributed by atoms with Gasteiger partial charge in [-0.05, 0) is 31.9 Å². The van der Waals surface area contributed by atoms with Gasteiger partial charge in [0.25, 0.3) is 5.91 Å². The number of ether oxygens (including phenoxy) is 2. The highest BCUT2D eigenvalue weighted by Gasteiger charge is 2.39. The van der Waals surface area contributed by atoms with Gasteiger partial charge in [0.05, 0.1) is 24.4 Å². The fraction of sp³-hybridized carbons (Fsp3) is 0.579. The van der Waals surface area contributed by atoms with Crippen LogP contribution in [0.25, 0.3) is 0 Å². The first-order valence-electron chi connectivity index (χ1n) is 9.13. The lowest BCUT2D eigenvalue weighted by Crippen LogP contribution is -2.58. The maximum Gasteiger partial charge on any atom is 0.268 e. The summed E-state index contributed by atoms with van der Waals surface area (Å²) in [5, 5.41) is 0. The molecule has 3 atom stereocenters. The molecule has 4 rings (SSSR count). The molecule has 1 aromatic rings. The smallest absolute Gasteiger partial charge is 0.268 e. The number of hydrogen-bond donors (Lipinski definition) is 0. The lowest BCUT2D eigenvalue weighted by Gasteiger charge is -2.44. The molecule has 2 heterocycles. The van der Waals surface area contributed by atoms with Gasteiger partial charge in [-0.2, -0.15) is 0 Å². The van der Waals surface area contributed by atoms with Crippen LogP contribution < -0.4 is 9.64 Å². The first kappa shape index (κ1) is 16.4. The van der Waals surface area contributed by atoms with Gasteiger partial charge in [-0.25, -0.2) is 0 Å². The largest absolute Gasteiger partial charge is 0.479 e. The van der Waals surface area contributed by atoms with Crippen LogP contribution in [0.5, 0.6) is 5.75 Å². The molecule has 0 N–H and O–H groups in total. The molecule has 25 heavy (non-hydrogen) atoms. The van der Waals surface area contributed by atoms with Crippen LogP contribution >= 0.6 is 0 Å². The number of carbonyl (C=O) groups is 2. The molecule has 6 nitrogen and oxygen atoms in total. The molecule has 0 radical (unpaired) electrons. The second-order valence-corrected chi connectivity index (χ2v) is 7.00. The van der Waals surface area contributed by atoms with Crippen molar-refractivity contribution in [1.82, 2.24) is 4.90 Å². The summed E-state index contributed by atoms with van der Waals surface area (Å²) in [7, 11) is 0. The molecule has 2 amide bonds. The number of amides is 2. The molecule has 2 aliphatic heterocycles. The summed E-state index contributed by atoms with van der Waals surface area (Å²) in [5.41, 5.74) is 0.674. The number of anilines is 1. The van der Waals surface area contributed by atoms with E-state index < -0.39 is 6.10 Å². The number of para-hydroxylation sites is 2. The summed E-state index contributed by atoms with van der Waals surface area (Å²) in [6.07, 6.45) is 3.87. The maximum atomic E-state index is 13.0. The van der Waals surface area contributed by atoms with E-state index >= 15 is 0 Å². The van der Waals surface area contributed by atoms with Crippen LogP contribution in [-0.2, 0) is 14.3 Å². The minimum atomic E-state index is -0.574. The monoisotopic (exact) mass is 344 g/mol. The van der Waals surface area contributed by atoms with Gasteiger partial charge in [0.15, 0.2) is 6.10 Å². The van der Waals surface area contributed by atoms with Crippen LogP contribution in [0.3, 0.4) is 0 Å². The van der Waals surface area contributed by atoms with Crippen molar-refractivity contribution in [3.05, 3.63) is 24.3 Å². The van der Waals surface area contributed by atoms with Crippen molar-refractivity contribution in [2.45, 2.75) is 50.9 Å². The fourth-order valence-electron chi connectivity index (χ4n) is 4.15. The van der Waals surface area contributed by atoms with E-state index in [1.807, 2.05) is 29.2 Å².